The smallest absolute Gasteiger partial charge is 0.347 e. The maximum absolute atomic E-state index is 12.7. The quantitative estimate of drug-likeness (QED) is 0.788. The van der Waals surface area contributed by atoms with E-state index in [2.05, 4.69) is 16.3 Å². The molecular weight excluding hydrogens is 253 g/mol. The molecule has 3 aliphatic rings. The first-order valence-corrected chi connectivity index (χ1v) is 6.69. The van der Waals surface area contributed by atoms with Crippen LogP contribution in [0.15, 0.2) is 35.2 Å². The third-order valence-corrected chi connectivity index (χ3v) is 3.94. The van der Waals surface area contributed by atoms with E-state index >= 15 is 0 Å². The summed E-state index contributed by atoms with van der Waals surface area (Å²) in [7, 11) is 0. The summed E-state index contributed by atoms with van der Waals surface area (Å²) in [6.07, 6.45) is 2.48. The van der Waals surface area contributed by atoms with E-state index in [0.717, 1.165) is 49.3 Å². The molecule has 0 aromatic rings. The normalized spacial score (nSPS) is 27.0. The summed E-state index contributed by atoms with van der Waals surface area (Å²) in [5, 5.41) is 3.32. The van der Waals surface area contributed by atoms with E-state index in [1.54, 1.807) is 6.08 Å². The van der Waals surface area contributed by atoms with Crippen LogP contribution < -0.4 is 5.32 Å². The Balaban J connectivity index is 1.95. The molecule has 0 saturated carbocycles. The molecule has 19 heavy (non-hydrogen) atoms. The number of allylic oxidation sites excluding steroid dienone is 3. The fraction of sp³-hybridized carbons (Fsp3) is 0.571. The Morgan fingerprint density at radius 3 is 3.00 bits per heavy atom. The summed E-state index contributed by atoms with van der Waals surface area (Å²) in [5.74, 6) is -0.479. The maximum atomic E-state index is 12.7. The Morgan fingerprint density at radius 1 is 1.37 bits per heavy atom. The summed E-state index contributed by atoms with van der Waals surface area (Å²) in [6.45, 7) is 2.45. The standard InChI is InChI=1S/C14H17F3N2/c15-14(16,17)8-10-4-6-19-7-5-18-9-11-2-1-3-12(10)13(11)19/h2,4,6,10,18H,1,3,5,7-9H2/t10-/m0/s1. The van der Waals surface area contributed by atoms with Crippen LogP contribution in [0.1, 0.15) is 19.3 Å². The molecule has 1 N–H and O–H groups in total. The average molecular weight is 270 g/mol. The summed E-state index contributed by atoms with van der Waals surface area (Å²) in [4.78, 5) is 2.10. The molecule has 2 heterocycles. The van der Waals surface area contributed by atoms with Gasteiger partial charge in [0, 0.05) is 37.4 Å². The zero-order chi connectivity index (χ0) is 13.5. The zero-order valence-corrected chi connectivity index (χ0v) is 10.6. The summed E-state index contributed by atoms with van der Waals surface area (Å²) in [5.41, 5.74) is 3.18. The van der Waals surface area contributed by atoms with Crippen LogP contribution in [0.25, 0.3) is 0 Å². The minimum Gasteiger partial charge on any atom is -0.347 e. The van der Waals surface area contributed by atoms with Crippen LogP contribution in [0.3, 0.4) is 0 Å². The van der Waals surface area contributed by atoms with Gasteiger partial charge in [0.15, 0.2) is 0 Å². The molecule has 0 aromatic heterocycles. The van der Waals surface area contributed by atoms with Gasteiger partial charge in [-0.25, -0.2) is 0 Å². The van der Waals surface area contributed by atoms with Crippen molar-refractivity contribution in [3.05, 3.63) is 35.2 Å². The van der Waals surface area contributed by atoms with Gasteiger partial charge in [-0.2, -0.15) is 13.2 Å². The van der Waals surface area contributed by atoms with E-state index < -0.39 is 18.5 Å². The number of nitrogens with one attached hydrogen (secondary N) is 1. The zero-order valence-electron chi connectivity index (χ0n) is 10.6. The topological polar surface area (TPSA) is 15.3 Å². The predicted molar refractivity (Wildman–Crippen MR) is 67.2 cm³/mol. The molecule has 2 nitrogen and oxygen atoms in total. The van der Waals surface area contributed by atoms with E-state index in [1.165, 1.54) is 0 Å². The van der Waals surface area contributed by atoms with Gasteiger partial charge in [0.05, 0.1) is 6.42 Å². The molecule has 1 atom stereocenters. The number of halogens is 3. The molecule has 5 heteroatoms. The third kappa shape index (κ3) is 2.56. The van der Waals surface area contributed by atoms with Crippen molar-refractivity contribution in [3.8, 4) is 0 Å². The number of hydrogen-bond acceptors (Lipinski definition) is 2. The Bertz CT molecular complexity index is 460. The van der Waals surface area contributed by atoms with Crippen molar-refractivity contribution < 1.29 is 13.2 Å². The van der Waals surface area contributed by atoms with Crippen molar-refractivity contribution in [2.75, 3.05) is 19.6 Å². The second-order valence-corrected chi connectivity index (χ2v) is 5.28. The van der Waals surface area contributed by atoms with Crippen LogP contribution in [0.2, 0.25) is 0 Å². The van der Waals surface area contributed by atoms with Gasteiger partial charge in [-0.3, -0.25) is 0 Å². The molecule has 0 spiro atoms. The van der Waals surface area contributed by atoms with Crippen LogP contribution in [0.4, 0.5) is 13.2 Å². The monoisotopic (exact) mass is 270 g/mol. The first-order valence-electron chi connectivity index (χ1n) is 6.69. The molecule has 1 aliphatic carbocycles. The lowest BCUT2D eigenvalue weighted by Gasteiger charge is -2.35. The van der Waals surface area contributed by atoms with Crippen molar-refractivity contribution in [2.45, 2.75) is 25.4 Å². The highest BCUT2D eigenvalue weighted by atomic mass is 19.4. The minimum atomic E-state index is -4.10. The SMILES string of the molecule is FC(F)(F)C[C@@H]1C=CN2CCNCC3=CCCC1=C32. The Morgan fingerprint density at radius 2 is 2.21 bits per heavy atom. The van der Waals surface area contributed by atoms with Crippen LogP contribution >= 0.6 is 0 Å². The molecule has 0 unspecified atom stereocenters. The number of hydrogen-bond donors (Lipinski definition) is 1. The number of nitrogens with zero attached hydrogens (tertiary/aromatic N) is 1. The Hall–Kier alpha value is -1.23. The molecule has 1 fully saturated rings. The summed E-state index contributed by atoms with van der Waals surface area (Å²) < 4.78 is 38.0. The Labute approximate surface area is 110 Å². The lowest BCUT2D eigenvalue weighted by Crippen LogP contribution is -2.29. The molecule has 0 radical (unpaired) electrons. The van der Waals surface area contributed by atoms with Gasteiger partial charge < -0.3 is 10.2 Å². The van der Waals surface area contributed by atoms with Crippen molar-refractivity contribution in [1.82, 2.24) is 10.2 Å². The van der Waals surface area contributed by atoms with Crippen LogP contribution in [0, 0.1) is 5.92 Å². The van der Waals surface area contributed by atoms with E-state index in [4.69, 9.17) is 0 Å². The number of rotatable bonds is 1. The molecular formula is C14H17F3N2. The highest BCUT2D eigenvalue weighted by molar-refractivity contribution is 5.44. The predicted octanol–water partition coefficient (Wildman–Crippen LogP) is 2.96. The van der Waals surface area contributed by atoms with Crippen LogP contribution in [-0.4, -0.2) is 30.7 Å². The highest BCUT2D eigenvalue weighted by Crippen LogP contribution is 2.41. The lowest BCUT2D eigenvalue weighted by atomic mass is 9.82. The van der Waals surface area contributed by atoms with E-state index in [0.29, 0.717) is 0 Å². The van der Waals surface area contributed by atoms with E-state index in [9.17, 15) is 13.2 Å². The molecule has 3 rings (SSSR count). The first kappa shape index (κ1) is 12.8. The maximum Gasteiger partial charge on any atom is 0.389 e. The van der Waals surface area contributed by atoms with E-state index in [1.807, 2.05) is 6.20 Å². The molecule has 1 saturated heterocycles. The lowest BCUT2D eigenvalue weighted by molar-refractivity contribution is -0.139. The minimum absolute atomic E-state index is 0.479. The molecule has 0 amide bonds. The van der Waals surface area contributed by atoms with Gasteiger partial charge in [-0.15, -0.1) is 0 Å². The Kier molecular flexibility index (Phi) is 3.17. The fourth-order valence-electron chi connectivity index (χ4n) is 3.16. The van der Waals surface area contributed by atoms with Gasteiger partial charge in [0.2, 0.25) is 0 Å². The van der Waals surface area contributed by atoms with Gasteiger partial charge in [-0.1, -0.05) is 12.2 Å². The molecule has 0 aromatic carbocycles. The fourth-order valence-corrected chi connectivity index (χ4v) is 3.16. The molecule has 2 aliphatic heterocycles. The second-order valence-electron chi connectivity index (χ2n) is 5.28. The van der Waals surface area contributed by atoms with Gasteiger partial charge in [-0.05, 0) is 24.0 Å². The van der Waals surface area contributed by atoms with Crippen molar-refractivity contribution in [2.24, 2.45) is 5.92 Å². The highest BCUT2D eigenvalue weighted by Gasteiger charge is 2.36. The summed E-state index contributed by atoms with van der Waals surface area (Å²) in [6, 6.07) is 0. The van der Waals surface area contributed by atoms with Crippen molar-refractivity contribution in [3.63, 3.8) is 0 Å². The third-order valence-electron chi connectivity index (χ3n) is 3.94. The van der Waals surface area contributed by atoms with Crippen molar-refractivity contribution >= 4 is 0 Å². The first-order chi connectivity index (χ1) is 9.04. The average Bonchev–Trinajstić information content (AvgIpc) is 2.55. The van der Waals surface area contributed by atoms with E-state index in [-0.39, 0.29) is 0 Å². The van der Waals surface area contributed by atoms with Gasteiger partial charge in [0.25, 0.3) is 0 Å². The van der Waals surface area contributed by atoms with Crippen LogP contribution in [-0.2, 0) is 0 Å². The van der Waals surface area contributed by atoms with Gasteiger partial charge >= 0.3 is 6.18 Å². The number of alkyl halides is 3. The largest absolute Gasteiger partial charge is 0.389 e. The van der Waals surface area contributed by atoms with Crippen LogP contribution in [0.5, 0.6) is 0 Å². The van der Waals surface area contributed by atoms with Crippen molar-refractivity contribution in [1.29, 1.82) is 0 Å². The molecule has 104 valence electrons. The second kappa shape index (κ2) is 4.71. The summed E-state index contributed by atoms with van der Waals surface area (Å²) >= 11 is 0. The van der Waals surface area contributed by atoms with Gasteiger partial charge in [0.1, 0.15) is 0 Å². The molecule has 0 bridgehead atoms.